The Bertz CT molecular complexity index is 1250. The number of aryl methyl sites for hydroxylation is 1. The highest BCUT2D eigenvalue weighted by atomic mass is 16.6. The molecule has 2 unspecified atom stereocenters. The predicted octanol–water partition coefficient (Wildman–Crippen LogP) is 6.82. The standard InChI is InChI=1S/C37H55N3O6/c1-9-10-11-12-13-17-24-40(31(41)26-38-35(44)46-37(6,7)8)32(29-22-20-27(2)21-23-29)33(42)39-30(34(43)45-36(3,4)5)25-28-18-15-14-16-19-28/h14-16,18-23,30,32H,9-13,17,24-26H2,1-8H3,(H,38,44)(H,39,42). The lowest BCUT2D eigenvalue weighted by Crippen LogP contribution is -2.52. The van der Waals surface area contributed by atoms with E-state index in [1.165, 1.54) is 4.90 Å². The van der Waals surface area contributed by atoms with Gasteiger partial charge >= 0.3 is 12.1 Å². The van der Waals surface area contributed by atoms with Gasteiger partial charge in [-0.2, -0.15) is 0 Å². The minimum Gasteiger partial charge on any atom is -0.458 e. The summed E-state index contributed by atoms with van der Waals surface area (Å²) >= 11 is 0. The molecular weight excluding hydrogens is 582 g/mol. The number of carbonyl (C=O) groups is 4. The molecule has 0 aliphatic carbocycles. The van der Waals surface area contributed by atoms with Crippen molar-refractivity contribution in [2.24, 2.45) is 0 Å². The largest absolute Gasteiger partial charge is 0.458 e. The molecule has 0 aromatic heterocycles. The summed E-state index contributed by atoms with van der Waals surface area (Å²) in [6.07, 6.45) is 5.45. The molecule has 2 aromatic rings. The molecule has 9 nitrogen and oxygen atoms in total. The van der Waals surface area contributed by atoms with Crippen molar-refractivity contribution in [1.82, 2.24) is 15.5 Å². The summed E-state index contributed by atoms with van der Waals surface area (Å²) in [7, 11) is 0. The monoisotopic (exact) mass is 637 g/mol. The van der Waals surface area contributed by atoms with Gasteiger partial charge in [0.15, 0.2) is 0 Å². The zero-order chi connectivity index (χ0) is 34.3. The van der Waals surface area contributed by atoms with Crippen molar-refractivity contribution < 1.29 is 28.7 Å². The van der Waals surface area contributed by atoms with Crippen molar-refractivity contribution in [2.75, 3.05) is 13.1 Å². The SMILES string of the molecule is CCCCCCCCN(C(=O)CNC(=O)OC(C)(C)C)C(C(=O)NC(Cc1ccccc1)C(=O)OC(C)(C)C)c1ccc(C)cc1. The number of esters is 1. The van der Waals surface area contributed by atoms with Gasteiger partial charge in [-0.3, -0.25) is 9.59 Å². The molecular formula is C37H55N3O6. The lowest BCUT2D eigenvalue weighted by molar-refractivity contribution is -0.159. The van der Waals surface area contributed by atoms with Gasteiger partial charge < -0.3 is 25.0 Å². The maximum Gasteiger partial charge on any atom is 0.408 e. The second-order valence-electron chi connectivity index (χ2n) is 13.8. The second kappa shape index (κ2) is 18.3. The van der Waals surface area contributed by atoms with E-state index in [2.05, 4.69) is 17.6 Å². The van der Waals surface area contributed by atoms with Crippen LogP contribution in [0.2, 0.25) is 0 Å². The van der Waals surface area contributed by atoms with Crippen molar-refractivity contribution in [3.63, 3.8) is 0 Å². The second-order valence-corrected chi connectivity index (χ2v) is 13.8. The summed E-state index contributed by atoms with van der Waals surface area (Å²) < 4.78 is 11.0. The Kier molecular flexibility index (Phi) is 15.2. The fourth-order valence-electron chi connectivity index (χ4n) is 4.91. The van der Waals surface area contributed by atoms with Gasteiger partial charge in [-0.15, -0.1) is 0 Å². The van der Waals surface area contributed by atoms with E-state index in [0.717, 1.165) is 43.2 Å². The van der Waals surface area contributed by atoms with Crippen LogP contribution in [0.15, 0.2) is 54.6 Å². The molecule has 2 atom stereocenters. The van der Waals surface area contributed by atoms with Crippen LogP contribution in [0.3, 0.4) is 0 Å². The molecule has 3 amide bonds. The van der Waals surface area contributed by atoms with Gasteiger partial charge in [0.2, 0.25) is 11.8 Å². The Morgan fingerprint density at radius 3 is 1.96 bits per heavy atom. The van der Waals surface area contributed by atoms with Crippen molar-refractivity contribution >= 4 is 23.9 Å². The number of carbonyl (C=O) groups excluding carboxylic acids is 4. The summed E-state index contributed by atoms with van der Waals surface area (Å²) in [5.41, 5.74) is 0.958. The van der Waals surface area contributed by atoms with E-state index >= 15 is 0 Å². The quantitative estimate of drug-likeness (QED) is 0.154. The molecule has 0 saturated heterocycles. The van der Waals surface area contributed by atoms with Gasteiger partial charge in [0.05, 0.1) is 0 Å². The smallest absolute Gasteiger partial charge is 0.408 e. The highest BCUT2D eigenvalue weighted by Gasteiger charge is 2.35. The lowest BCUT2D eigenvalue weighted by atomic mass is 10.00. The summed E-state index contributed by atoms with van der Waals surface area (Å²) in [4.78, 5) is 55.5. The molecule has 0 bridgehead atoms. The Labute approximate surface area is 275 Å². The van der Waals surface area contributed by atoms with Crippen molar-refractivity contribution in [3.05, 3.63) is 71.3 Å². The lowest BCUT2D eigenvalue weighted by Gasteiger charge is -2.33. The van der Waals surface area contributed by atoms with Crippen LogP contribution in [0.5, 0.6) is 0 Å². The van der Waals surface area contributed by atoms with Gasteiger partial charge in [-0.25, -0.2) is 9.59 Å². The number of nitrogens with zero attached hydrogens (tertiary/aromatic N) is 1. The molecule has 0 saturated carbocycles. The maximum atomic E-state index is 14.3. The molecule has 0 heterocycles. The van der Waals surface area contributed by atoms with Crippen LogP contribution in [0, 0.1) is 6.92 Å². The normalized spacial score (nSPS) is 12.9. The molecule has 0 fully saturated rings. The van der Waals surface area contributed by atoms with E-state index < -0.39 is 47.2 Å². The van der Waals surface area contributed by atoms with Crippen LogP contribution >= 0.6 is 0 Å². The number of alkyl carbamates (subject to hydrolysis) is 1. The van der Waals surface area contributed by atoms with Gasteiger partial charge in [-0.05, 0) is 66.0 Å². The topological polar surface area (TPSA) is 114 Å². The molecule has 2 N–H and O–H groups in total. The zero-order valence-corrected chi connectivity index (χ0v) is 29.1. The highest BCUT2D eigenvalue weighted by molar-refractivity contribution is 5.92. The van der Waals surface area contributed by atoms with E-state index in [0.29, 0.717) is 18.5 Å². The number of hydrogen-bond donors (Lipinski definition) is 2. The number of rotatable bonds is 16. The Morgan fingerprint density at radius 1 is 0.783 bits per heavy atom. The van der Waals surface area contributed by atoms with E-state index in [1.807, 2.05) is 61.5 Å². The first-order valence-electron chi connectivity index (χ1n) is 16.5. The van der Waals surface area contributed by atoms with Crippen LogP contribution in [0.4, 0.5) is 4.79 Å². The van der Waals surface area contributed by atoms with Crippen LogP contribution in [-0.2, 0) is 30.3 Å². The molecule has 2 aromatic carbocycles. The summed E-state index contributed by atoms with van der Waals surface area (Å²) in [5, 5.41) is 5.48. The molecule has 0 aliphatic rings. The fraction of sp³-hybridized carbons (Fsp3) is 0.568. The van der Waals surface area contributed by atoms with Gasteiger partial charge in [0.25, 0.3) is 0 Å². The number of amides is 3. The van der Waals surface area contributed by atoms with Crippen LogP contribution in [0.25, 0.3) is 0 Å². The molecule has 0 spiro atoms. The van der Waals surface area contributed by atoms with Gasteiger partial charge in [0, 0.05) is 13.0 Å². The van der Waals surface area contributed by atoms with E-state index in [9.17, 15) is 19.2 Å². The van der Waals surface area contributed by atoms with Gasteiger partial charge in [-0.1, -0.05) is 99.2 Å². The zero-order valence-electron chi connectivity index (χ0n) is 29.1. The first kappa shape index (κ1) is 38.3. The molecule has 46 heavy (non-hydrogen) atoms. The van der Waals surface area contributed by atoms with Crippen LogP contribution in [0.1, 0.15) is 110 Å². The first-order chi connectivity index (χ1) is 21.6. The Hall–Kier alpha value is -3.88. The number of ether oxygens (including phenoxy) is 2. The third kappa shape index (κ3) is 14.5. The number of nitrogens with one attached hydrogen (secondary N) is 2. The summed E-state index contributed by atoms with van der Waals surface area (Å²) in [5.74, 6) is -1.50. The van der Waals surface area contributed by atoms with E-state index in [-0.39, 0.29) is 13.0 Å². The summed E-state index contributed by atoms with van der Waals surface area (Å²) in [6, 6.07) is 14.8. The van der Waals surface area contributed by atoms with E-state index in [1.54, 1.807) is 41.5 Å². The predicted molar refractivity (Wildman–Crippen MR) is 181 cm³/mol. The van der Waals surface area contributed by atoms with Crippen LogP contribution < -0.4 is 10.6 Å². The maximum absolute atomic E-state index is 14.3. The van der Waals surface area contributed by atoms with Crippen molar-refractivity contribution in [1.29, 1.82) is 0 Å². The average Bonchev–Trinajstić information content (AvgIpc) is 2.96. The average molecular weight is 638 g/mol. The third-order valence-electron chi connectivity index (χ3n) is 7.10. The van der Waals surface area contributed by atoms with Crippen molar-refractivity contribution in [2.45, 2.75) is 124 Å². The highest BCUT2D eigenvalue weighted by Crippen LogP contribution is 2.24. The Balaban J connectivity index is 2.45. The molecule has 0 radical (unpaired) electrons. The Morgan fingerprint density at radius 2 is 1.37 bits per heavy atom. The number of hydrogen-bond acceptors (Lipinski definition) is 6. The molecule has 254 valence electrons. The minimum absolute atomic E-state index is 0.216. The number of benzene rings is 2. The minimum atomic E-state index is -1.05. The van der Waals surface area contributed by atoms with Gasteiger partial charge in [0.1, 0.15) is 29.8 Å². The summed E-state index contributed by atoms with van der Waals surface area (Å²) in [6.45, 7) is 14.6. The van der Waals surface area contributed by atoms with Crippen LogP contribution in [-0.4, -0.2) is 59.1 Å². The molecule has 0 aliphatic heterocycles. The fourth-order valence-corrected chi connectivity index (χ4v) is 4.91. The first-order valence-corrected chi connectivity index (χ1v) is 16.5. The molecule has 2 rings (SSSR count). The van der Waals surface area contributed by atoms with E-state index in [4.69, 9.17) is 9.47 Å². The third-order valence-corrected chi connectivity index (χ3v) is 7.10. The van der Waals surface area contributed by atoms with Crippen molar-refractivity contribution in [3.8, 4) is 0 Å². The molecule has 9 heteroatoms. The number of unbranched alkanes of at least 4 members (excludes halogenated alkanes) is 5.